The number of nitrogens with two attached hydrogens (primary N) is 1. The molecule has 1 fully saturated rings. The van der Waals surface area contributed by atoms with Crippen molar-refractivity contribution in [3.63, 3.8) is 0 Å². The number of amides is 2. The third-order valence-corrected chi connectivity index (χ3v) is 2.78. The van der Waals surface area contributed by atoms with Crippen molar-refractivity contribution in [1.29, 1.82) is 0 Å². The predicted octanol–water partition coefficient (Wildman–Crippen LogP) is -0.251. The second kappa shape index (κ2) is 6.32. The molecule has 1 rings (SSSR count). The molecule has 0 aliphatic heterocycles. The van der Waals surface area contributed by atoms with Gasteiger partial charge in [-0.25, -0.2) is 4.79 Å². The van der Waals surface area contributed by atoms with Gasteiger partial charge in [-0.1, -0.05) is 0 Å². The fraction of sp³-hybridized carbons (Fsp3) is 0.800. The van der Waals surface area contributed by atoms with E-state index in [9.17, 15) is 9.59 Å². The molecule has 0 saturated heterocycles. The van der Waals surface area contributed by atoms with E-state index in [1.54, 1.807) is 0 Å². The minimum absolute atomic E-state index is 0.00244. The highest BCUT2D eigenvalue weighted by Crippen LogP contribution is 2.23. The van der Waals surface area contributed by atoms with Crippen LogP contribution in [0.2, 0.25) is 0 Å². The Hall–Kier alpha value is -1.30. The number of hydrogen-bond donors (Lipinski definition) is 3. The zero-order valence-electron chi connectivity index (χ0n) is 9.15. The van der Waals surface area contributed by atoms with Gasteiger partial charge in [0.2, 0.25) is 5.91 Å². The van der Waals surface area contributed by atoms with E-state index in [-0.39, 0.29) is 31.1 Å². The maximum absolute atomic E-state index is 11.1. The zero-order chi connectivity index (χ0) is 12.0. The number of rotatable bonds is 4. The Balaban J connectivity index is 2.21. The molecular weight excluding hydrogens is 212 g/mol. The summed E-state index contributed by atoms with van der Waals surface area (Å²) in [4.78, 5) is 22.1. The maximum atomic E-state index is 11.1. The third-order valence-electron chi connectivity index (χ3n) is 2.78. The number of alkyl carbamates (subject to hydrolysis) is 1. The van der Waals surface area contributed by atoms with Crippen molar-refractivity contribution in [2.75, 3.05) is 13.2 Å². The summed E-state index contributed by atoms with van der Waals surface area (Å²) in [5, 5.41) is 11.1. The fourth-order valence-electron chi connectivity index (χ4n) is 1.87. The minimum atomic E-state index is -0.517. The van der Waals surface area contributed by atoms with E-state index < -0.39 is 6.09 Å². The highest BCUT2D eigenvalue weighted by Gasteiger charge is 2.25. The molecule has 4 N–H and O–H groups in total. The number of carbonyl (C=O) groups is 2. The molecule has 16 heavy (non-hydrogen) atoms. The average Bonchev–Trinajstić information content (AvgIpc) is 2.27. The molecule has 1 saturated carbocycles. The van der Waals surface area contributed by atoms with E-state index in [1.165, 1.54) is 0 Å². The Morgan fingerprint density at radius 3 is 2.44 bits per heavy atom. The van der Waals surface area contributed by atoms with Crippen LogP contribution in [0, 0.1) is 5.92 Å². The highest BCUT2D eigenvalue weighted by atomic mass is 16.6. The molecule has 1 aliphatic rings. The van der Waals surface area contributed by atoms with Crippen molar-refractivity contribution in [1.82, 2.24) is 5.32 Å². The molecule has 0 bridgehead atoms. The lowest BCUT2D eigenvalue weighted by Gasteiger charge is -2.26. The molecular formula is C10H18N2O4. The standard InChI is InChI=1S/C10H18N2O4/c11-9(14)7-1-3-8(4-2-7)12-10(15)16-6-5-13/h7-8,13H,1-6H2,(H2,11,14)(H,12,15). The lowest BCUT2D eigenvalue weighted by atomic mass is 9.86. The van der Waals surface area contributed by atoms with Gasteiger partial charge in [-0.2, -0.15) is 0 Å². The monoisotopic (exact) mass is 230 g/mol. The summed E-state index contributed by atoms with van der Waals surface area (Å²) in [6.07, 6.45) is 2.38. The Labute approximate surface area is 94.1 Å². The van der Waals surface area contributed by atoms with Crippen molar-refractivity contribution in [2.45, 2.75) is 31.7 Å². The van der Waals surface area contributed by atoms with Gasteiger partial charge in [0.05, 0.1) is 6.61 Å². The molecule has 0 aromatic rings. The molecule has 6 heteroatoms. The fourth-order valence-corrected chi connectivity index (χ4v) is 1.87. The molecule has 0 aromatic heterocycles. The summed E-state index contributed by atoms with van der Waals surface area (Å²) in [6.45, 7) is -0.176. The first-order valence-corrected chi connectivity index (χ1v) is 5.47. The van der Waals surface area contributed by atoms with Crippen LogP contribution in [-0.2, 0) is 9.53 Å². The van der Waals surface area contributed by atoms with Gasteiger partial charge in [0.1, 0.15) is 6.61 Å². The van der Waals surface area contributed by atoms with Crippen LogP contribution < -0.4 is 11.1 Å². The summed E-state index contributed by atoms with van der Waals surface area (Å²) in [7, 11) is 0. The van der Waals surface area contributed by atoms with Crippen molar-refractivity contribution in [2.24, 2.45) is 11.7 Å². The molecule has 0 heterocycles. The quantitative estimate of drug-likeness (QED) is 0.619. The molecule has 6 nitrogen and oxygen atoms in total. The largest absolute Gasteiger partial charge is 0.447 e. The number of primary amides is 1. The molecule has 0 unspecified atom stereocenters. The molecule has 0 radical (unpaired) electrons. The van der Waals surface area contributed by atoms with Crippen LogP contribution in [0.5, 0.6) is 0 Å². The number of nitrogens with one attached hydrogen (secondary N) is 1. The van der Waals surface area contributed by atoms with E-state index in [0.717, 1.165) is 12.8 Å². The van der Waals surface area contributed by atoms with Crippen molar-refractivity contribution in [3.8, 4) is 0 Å². The molecule has 1 aliphatic carbocycles. The smallest absolute Gasteiger partial charge is 0.407 e. The van der Waals surface area contributed by atoms with Crippen LogP contribution in [0.25, 0.3) is 0 Å². The summed E-state index contributed by atoms with van der Waals surface area (Å²) >= 11 is 0. The van der Waals surface area contributed by atoms with Gasteiger partial charge < -0.3 is 20.9 Å². The highest BCUT2D eigenvalue weighted by molar-refractivity contribution is 5.76. The Morgan fingerprint density at radius 1 is 1.31 bits per heavy atom. The van der Waals surface area contributed by atoms with E-state index in [4.69, 9.17) is 10.8 Å². The van der Waals surface area contributed by atoms with Gasteiger partial charge in [-0.3, -0.25) is 4.79 Å². The van der Waals surface area contributed by atoms with Crippen LogP contribution in [0.1, 0.15) is 25.7 Å². The Morgan fingerprint density at radius 2 is 1.94 bits per heavy atom. The van der Waals surface area contributed by atoms with Crippen LogP contribution in [0.4, 0.5) is 4.79 Å². The molecule has 2 amide bonds. The van der Waals surface area contributed by atoms with Gasteiger partial charge in [-0.15, -0.1) is 0 Å². The average molecular weight is 230 g/mol. The minimum Gasteiger partial charge on any atom is -0.447 e. The van der Waals surface area contributed by atoms with Gasteiger partial charge >= 0.3 is 6.09 Å². The van der Waals surface area contributed by atoms with Crippen LogP contribution in [-0.4, -0.2) is 36.4 Å². The summed E-state index contributed by atoms with van der Waals surface area (Å²) in [5.74, 6) is -0.326. The van der Waals surface area contributed by atoms with Gasteiger partial charge in [0.25, 0.3) is 0 Å². The van der Waals surface area contributed by atoms with Crippen LogP contribution in [0.3, 0.4) is 0 Å². The van der Waals surface area contributed by atoms with Crippen molar-refractivity contribution < 1.29 is 19.4 Å². The summed E-state index contributed by atoms with van der Waals surface area (Å²) < 4.78 is 4.68. The van der Waals surface area contributed by atoms with E-state index in [1.807, 2.05) is 0 Å². The Kier molecular flexibility index (Phi) is 5.04. The third kappa shape index (κ3) is 4.06. The second-order valence-corrected chi connectivity index (χ2v) is 3.95. The number of aliphatic hydroxyl groups is 1. The number of ether oxygens (including phenoxy) is 1. The van der Waals surface area contributed by atoms with Crippen LogP contribution in [0.15, 0.2) is 0 Å². The van der Waals surface area contributed by atoms with Gasteiger partial charge in [0.15, 0.2) is 0 Å². The molecule has 0 atom stereocenters. The number of aliphatic hydroxyl groups excluding tert-OH is 1. The van der Waals surface area contributed by atoms with Crippen molar-refractivity contribution >= 4 is 12.0 Å². The van der Waals surface area contributed by atoms with E-state index >= 15 is 0 Å². The first-order chi connectivity index (χ1) is 7.63. The second-order valence-electron chi connectivity index (χ2n) is 3.95. The molecule has 92 valence electrons. The maximum Gasteiger partial charge on any atom is 0.407 e. The van der Waals surface area contributed by atoms with Crippen molar-refractivity contribution in [3.05, 3.63) is 0 Å². The zero-order valence-corrected chi connectivity index (χ0v) is 9.15. The lowest BCUT2D eigenvalue weighted by molar-refractivity contribution is -0.122. The predicted molar refractivity (Wildman–Crippen MR) is 56.5 cm³/mol. The van der Waals surface area contributed by atoms with E-state index in [2.05, 4.69) is 10.1 Å². The van der Waals surface area contributed by atoms with E-state index in [0.29, 0.717) is 12.8 Å². The molecule has 0 aromatic carbocycles. The summed E-state index contributed by atoms with van der Waals surface area (Å²) in [5.41, 5.74) is 5.20. The first-order valence-electron chi connectivity index (χ1n) is 5.47. The normalized spacial score (nSPS) is 24.8. The molecule has 0 spiro atoms. The number of hydrogen-bond acceptors (Lipinski definition) is 4. The number of carbonyl (C=O) groups excluding carboxylic acids is 2. The topological polar surface area (TPSA) is 102 Å². The Bertz CT molecular complexity index is 249. The van der Waals surface area contributed by atoms with Gasteiger partial charge in [-0.05, 0) is 25.7 Å². The van der Waals surface area contributed by atoms with Gasteiger partial charge in [0, 0.05) is 12.0 Å². The summed E-state index contributed by atoms with van der Waals surface area (Å²) in [6, 6.07) is 0.0433. The lowest BCUT2D eigenvalue weighted by Crippen LogP contribution is -2.40. The first kappa shape index (κ1) is 12.8. The SMILES string of the molecule is NC(=O)C1CCC(NC(=O)OCCO)CC1. The van der Waals surface area contributed by atoms with Crippen LogP contribution >= 0.6 is 0 Å².